The molecule has 1 heterocycles. The van der Waals surface area contributed by atoms with Crippen molar-refractivity contribution in [3.63, 3.8) is 0 Å². The molecule has 1 saturated heterocycles. The van der Waals surface area contributed by atoms with Gasteiger partial charge >= 0.3 is 5.97 Å². The van der Waals surface area contributed by atoms with E-state index >= 15 is 0 Å². The fourth-order valence-corrected chi connectivity index (χ4v) is 0.961. The maximum Gasteiger partial charge on any atom is 0.306 e. The third kappa shape index (κ3) is 6.54. The molecule has 0 aromatic rings. The maximum absolute atomic E-state index is 10.4. The van der Waals surface area contributed by atoms with Crippen LogP contribution in [0.5, 0.6) is 0 Å². The Balaban J connectivity index is 0.000000252. The van der Waals surface area contributed by atoms with E-state index in [-0.39, 0.29) is 18.7 Å². The van der Waals surface area contributed by atoms with E-state index in [2.05, 4.69) is 4.74 Å². The predicted octanol–water partition coefficient (Wildman–Crippen LogP) is 0.727. The fourth-order valence-electron chi connectivity index (χ4n) is 0.961. The van der Waals surface area contributed by atoms with Gasteiger partial charge in [0.2, 0.25) is 0 Å². The molecule has 1 atom stereocenters. The van der Waals surface area contributed by atoms with Gasteiger partial charge in [0.25, 0.3) is 0 Å². The average molecular weight is 190 g/mol. The van der Waals surface area contributed by atoms with Crippen molar-refractivity contribution in [2.45, 2.75) is 32.3 Å². The molecule has 1 rings (SSSR count). The molecule has 0 aromatic heterocycles. The summed E-state index contributed by atoms with van der Waals surface area (Å²) in [7, 11) is 1.55. The predicted molar refractivity (Wildman–Crippen MR) is 48.4 cm³/mol. The summed E-state index contributed by atoms with van der Waals surface area (Å²) in [5, 5.41) is 7.94. The van der Waals surface area contributed by atoms with Gasteiger partial charge in [0, 0.05) is 13.5 Å². The number of carbonyl (C=O) groups is 1. The van der Waals surface area contributed by atoms with Crippen molar-refractivity contribution in [3.05, 3.63) is 0 Å². The van der Waals surface area contributed by atoms with Crippen LogP contribution in [-0.4, -0.2) is 37.5 Å². The molecule has 0 aromatic carbocycles. The smallest absolute Gasteiger partial charge is 0.306 e. The highest BCUT2D eigenvalue weighted by molar-refractivity contribution is 5.71. The number of methoxy groups -OCH3 is 1. The molecule has 1 fully saturated rings. The van der Waals surface area contributed by atoms with Crippen LogP contribution < -0.4 is 0 Å². The number of esters is 1. The van der Waals surface area contributed by atoms with Crippen molar-refractivity contribution >= 4 is 5.97 Å². The largest absolute Gasteiger partial charge is 0.462 e. The molecule has 0 saturated carbocycles. The highest BCUT2D eigenvalue weighted by atomic mass is 16.5. The second kappa shape index (κ2) is 8.01. The molecular weight excluding hydrogens is 172 g/mol. The van der Waals surface area contributed by atoms with Crippen LogP contribution in [0, 0.1) is 0 Å². The number of carbonyl (C=O) groups excluding carboxylic acids is 1. The monoisotopic (exact) mass is 190 g/mol. The molecule has 0 spiro atoms. The van der Waals surface area contributed by atoms with E-state index in [1.165, 1.54) is 0 Å². The Morgan fingerprint density at radius 1 is 1.69 bits per heavy atom. The lowest BCUT2D eigenvalue weighted by Crippen LogP contribution is -2.03. The summed E-state index contributed by atoms with van der Waals surface area (Å²) in [5.74, 6) is -0.0307. The van der Waals surface area contributed by atoms with Crippen LogP contribution in [0.25, 0.3) is 0 Å². The van der Waals surface area contributed by atoms with Crippen LogP contribution in [0.2, 0.25) is 0 Å². The van der Waals surface area contributed by atoms with Crippen LogP contribution in [0.3, 0.4) is 0 Å². The highest BCUT2D eigenvalue weighted by Crippen LogP contribution is 2.15. The van der Waals surface area contributed by atoms with E-state index in [1.54, 1.807) is 7.11 Å². The van der Waals surface area contributed by atoms with Gasteiger partial charge in [0.1, 0.15) is 6.10 Å². The molecular formula is C9H18O4. The Morgan fingerprint density at radius 2 is 2.38 bits per heavy atom. The summed E-state index contributed by atoms with van der Waals surface area (Å²) >= 11 is 0. The Labute approximate surface area is 78.8 Å². The Hall–Kier alpha value is -0.610. The third-order valence-corrected chi connectivity index (χ3v) is 1.72. The minimum Gasteiger partial charge on any atom is -0.462 e. The van der Waals surface area contributed by atoms with Gasteiger partial charge in [-0.05, 0) is 12.8 Å². The summed E-state index contributed by atoms with van der Waals surface area (Å²) < 4.78 is 9.31. The van der Waals surface area contributed by atoms with Crippen LogP contribution >= 0.6 is 0 Å². The van der Waals surface area contributed by atoms with E-state index in [0.717, 1.165) is 12.8 Å². The second-order valence-electron chi connectivity index (χ2n) is 2.78. The standard InChI is InChI=1S/C6H10O2.C3H8O2/c1-2-5-3-4-6(7)8-5;1-5-3-2-4/h5H,2-4H2,1H3;4H,2-3H2,1H3. The summed E-state index contributed by atoms with van der Waals surface area (Å²) in [4.78, 5) is 10.4. The van der Waals surface area contributed by atoms with E-state index in [9.17, 15) is 4.79 Å². The molecule has 1 aliphatic rings. The van der Waals surface area contributed by atoms with Gasteiger partial charge in [-0.25, -0.2) is 0 Å². The number of rotatable bonds is 3. The molecule has 1 unspecified atom stereocenters. The van der Waals surface area contributed by atoms with Crippen LogP contribution in [-0.2, 0) is 14.3 Å². The van der Waals surface area contributed by atoms with Gasteiger partial charge in [-0.1, -0.05) is 6.92 Å². The van der Waals surface area contributed by atoms with Gasteiger partial charge in [-0.3, -0.25) is 4.79 Å². The number of hydrogen-bond donors (Lipinski definition) is 1. The summed E-state index contributed by atoms with van der Waals surface area (Å²) in [5.41, 5.74) is 0. The van der Waals surface area contributed by atoms with Gasteiger partial charge in [0.05, 0.1) is 13.2 Å². The van der Waals surface area contributed by atoms with Gasteiger partial charge in [0.15, 0.2) is 0 Å². The van der Waals surface area contributed by atoms with E-state index in [4.69, 9.17) is 9.84 Å². The van der Waals surface area contributed by atoms with Crippen molar-refractivity contribution in [2.24, 2.45) is 0 Å². The van der Waals surface area contributed by atoms with E-state index in [1.807, 2.05) is 6.92 Å². The van der Waals surface area contributed by atoms with Gasteiger partial charge in [-0.2, -0.15) is 0 Å². The molecule has 1 N–H and O–H groups in total. The quantitative estimate of drug-likeness (QED) is 0.666. The SMILES string of the molecule is CCC1CCC(=O)O1.COCCO. The zero-order chi connectivity index (χ0) is 10.1. The Kier molecular flexibility index (Phi) is 7.63. The molecule has 0 bridgehead atoms. The molecule has 78 valence electrons. The summed E-state index contributed by atoms with van der Waals surface area (Å²) in [6.07, 6.45) is 2.74. The number of hydrogen-bond acceptors (Lipinski definition) is 4. The Bertz CT molecular complexity index is 134. The van der Waals surface area contributed by atoms with Crippen molar-refractivity contribution in [1.29, 1.82) is 0 Å². The normalized spacial score (nSPS) is 20.5. The van der Waals surface area contributed by atoms with Gasteiger partial charge in [-0.15, -0.1) is 0 Å². The molecule has 1 aliphatic heterocycles. The molecule has 0 aliphatic carbocycles. The number of aliphatic hydroxyl groups is 1. The number of ether oxygens (including phenoxy) is 2. The van der Waals surface area contributed by atoms with Crippen molar-refractivity contribution < 1.29 is 19.4 Å². The number of aliphatic hydroxyl groups excluding tert-OH is 1. The van der Waals surface area contributed by atoms with Crippen LogP contribution in [0.1, 0.15) is 26.2 Å². The molecule has 0 radical (unpaired) electrons. The number of cyclic esters (lactones) is 1. The molecule has 4 nitrogen and oxygen atoms in total. The lowest BCUT2D eigenvalue weighted by molar-refractivity contribution is -0.141. The maximum atomic E-state index is 10.4. The zero-order valence-corrected chi connectivity index (χ0v) is 8.28. The summed E-state index contributed by atoms with van der Waals surface area (Å²) in [6.45, 7) is 2.60. The average Bonchev–Trinajstić information content (AvgIpc) is 2.54. The zero-order valence-electron chi connectivity index (χ0n) is 8.28. The Morgan fingerprint density at radius 3 is 2.54 bits per heavy atom. The lowest BCUT2D eigenvalue weighted by Gasteiger charge is -2.01. The molecule has 13 heavy (non-hydrogen) atoms. The van der Waals surface area contributed by atoms with E-state index in [0.29, 0.717) is 13.0 Å². The third-order valence-electron chi connectivity index (χ3n) is 1.72. The van der Waals surface area contributed by atoms with Crippen molar-refractivity contribution in [3.8, 4) is 0 Å². The minimum atomic E-state index is -0.0307. The van der Waals surface area contributed by atoms with E-state index < -0.39 is 0 Å². The second-order valence-corrected chi connectivity index (χ2v) is 2.78. The molecule has 4 heteroatoms. The van der Waals surface area contributed by atoms with Crippen LogP contribution in [0.4, 0.5) is 0 Å². The first-order chi connectivity index (χ1) is 6.24. The fraction of sp³-hybridized carbons (Fsp3) is 0.889. The first kappa shape index (κ1) is 12.4. The summed E-state index contributed by atoms with van der Waals surface area (Å²) in [6, 6.07) is 0. The molecule has 0 amide bonds. The van der Waals surface area contributed by atoms with Crippen LogP contribution in [0.15, 0.2) is 0 Å². The highest BCUT2D eigenvalue weighted by Gasteiger charge is 2.20. The lowest BCUT2D eigenvalue weighted by atomic mass is 10.2. The first-order valence-electron chi connectivity index (χ1n) is 4.53. The topological polar surface area (TPSA) is 55.8 Å². The van der Waals surface area contributed by atoms with Gasteiger partial charge < -0.3 is 14.6 Å². The van der Waals surface area contributed by atoms with Crippen molar-refractivity contribution in [1.82, 2.24) is 0 Å². The van der Waals surface area contributed by atoms with Crippen molar-refractivity contribution in [2.75, 3.05) is 20.3 Å². The first-order valence-corrected chi connectivity index (χ1v) is 4.53. The minimum absolute atomic E-state index is 0.0307.